The molecular formula is C21H17NO. The van der Waals surface area contributed by atoms with Gasteiger partial charge in [-0.15, -0.1) is 0 Å². The Balaban J connectivity index is 1.83. The summed E-state index contributed by atoms with van der Waals surface area (Å²) in [5.74, 6) is 0.726. The van der Waals surface area contributed by atoms with E-state index in [1.807, 2.05) is 0 Å². The second kappa shape index (κ2) is 4.45. The van der Waals surface area contributed by atoms with Gasteiger partial charge in [0.05, 0.1) is 0 Å². The van der Waals surface area contributed by atoms with Crippen LogP contribution in [0.15, 0.2) is 46.9 Å². The molecule has 0 saturated heterocycles. The van der Waals surface area contributed by atoms with E-state index in [1.54, 1.807) is 0 Å². The third-order valence-electron chi connectivity index (χ3n) is 4.93. The van der Waals surface area contributed by atoms with Crippen LogP contribution in [0.1, 0.15) is 22.3 Å². The van der Waals surface area contributed by atoms with Gasteiger partial charge in [-0.2, -0.15) is 0 Å². The molecule has 0 radical (unpaired) electrons. The molecule has 0 bridgehead atoms. The van der Waals surface area contributed by atoms with E-state index in [0.717, 1.165) is 41.0 Å². The van der Waals surface area contributed by atoms with Gasteiger partial charge in [0.25, 0.3) is 0 Å². The lowest BCUT2D eigenvalue weighted by Crippen LogP contribution is -1.84. The maximum absolute atomic E-state index is 6.14. The van der Waals surface area contributed by atoms with Crippen LogP contribution in [0.4, 0.5) is 0 Å². The van der Waals surface area contributed by atoms with Crippen molar-refractivity contribution in [2.45, 2.75) is 26.7 Å². The van der Waals surface area contributed by atoms with Crippen molar-refractivity contribution in [1.29, 1.82) is 0 Å². The minimum atomic E-state index is 0.726. The molecule has 0 unspecified atom stereocenters. The molecule has 0 spiro atoms. The van der Waals surface area contributed by atoms with Crippen LogP contribution in [-0.4, -0.2) is 4.98 Å². The summed E-state index contributed by atoms with van der Waals surface area (Å²) in [4.78, 5) is 4.77. The topological polar surface area (TPSA) is 26.0 Å². The highest BCUT2D eigenvalue weighted by atomic mass is 16.3. The lowest BCUT2D eigenvalue weighted by molar-refractivity contribution is 0.618. The molecule has 5 rings (SSSR count). The maximum atomic E-state index is 6.14. The number of nitrogens with zero attached hydrogens (tertiary/aromatic N) is 1. The molecule has 0 N–H and O–H groups in total. The number of aromatic nitrogens is 1. The minimum Gasteiger partial charge on any atom is -0.436 e. The molecule has 23 heavy (non-hydrogen) atoms. The molecule has 1 aliphatic rings. The predicted molar refractivity (Wildman–Crippen MR) is 93.8 cm³/mol. The molecule has 1 aromatic heterocycles. The normalized spacial score (nSPS) is 13.3. The van der Waals surface area contributed by atoms with Crippen molar-refractivity contribution >= 4 is 21.9 Å². The first-order chi connectivity index (χ1) is 11.2. The predicted octanol–water partition coefficient (Wildman–Crippen LogP) is 5.36. The first-order valence-corrected chi connectivity index (χ1v) is 8.12. The molecule has 3 aromatic carbocycles. The molecule has 1 aliphatic carbocycles. The van der Waals surface area contributed by atoms with Crippen molar-refractivity contribution in [2.75, 3.05) is 0 Å². The van der Waals surface area contributed by atoms with Gasteiger partial charge in [-0.05, 0) is 71.8 Å². The van der Waals surface area contributed by atoms with Gasteiger partial charge < -0.3 is 4.42 Å². The summed E-state index contributed by atoms with van der Waals surface area (Å²) in [7, 11) is 0. The Bertz CT molecular complexity index is 1080. The van der Waals surface area contributed by atoms with Crippen LogP contribution in [0.25, 0.3) is 33.3 Å². The van der Waals surface area contributed by atoms with Crippen LogP contribution in [0.3, 0.4) is 0 Å². The highest BCUT2D eigenvalue weighted by Gasteiger charge is 2.19. The van der Waals surface area contributed by atoms with E-state index in [9.17, 15) is 0 Å². The van der Waals surface area contributed by atoms with Crippen molar-refractivity contribution in [3.63, 3.8) is 0 Å². The standard InChI is InChI=1S/C21H17NO/c1-12-10-13(2)20-18(11-12)22-21(23-20)17-9-8-15-7-6-14-4-3-5-16(17)19(14)15/h3-5,8-11H,6-7H2,1-2H3. The fraction of sp³-hybridized carbons (Fsp3) is 0.190. The number of hydrogen-bond acceptors (Lipinski definition) is 2. The number of benzene rings is 3. The van der Waals surface area contributed by atoms with Crippen molar-refractivity contribution in [3.8, 4) is 11.5 Å². The van der Waals surface area contributed by atoms with Crippen molar-refractivity contribution in [3.05, 3.63) is 64.7 Å². The quantitative estimate of drug-likeness (QED) is 0.472. The Morgan fingerprint density at radius 3 is 2.65 bits per heavy atom. The molecule has 0 saturated carbocycles. The Morgan fingerprint density at radius 1 is 0.957 bits per heavy atom. The van der Waals surface area contributed by atoms with E-state index in [1.165, 1.54) is 27.5 Å². The first kappa shape index (κ1) is 12.9. The van der Waals surface area contributed by atoms with Gasteiger partial charge in [0.15, 0.2) is 5.58 Å². The van der Waals surface area contributed by atoms with Gasteiger partial charge in [0, 0.05) is 5.56 Å². The lowest BCUT2D eigenvalue weighted by Gasteiger charge is -2.06. The molecule has 1 heterocycles. The van der Waals surface area contributed by atoms with Crippen molar-refractivity contribution < 1.29 is 4.42 Å². The summed E-state index contributed by atoms with van der Waals surface area (Å²) in [6, 6.07) is 15.2. The van der Waals surface area contributed by atoms with E-state index < -0.39 is 0 Å². The van der Waals surface area contributed by atoms with E-state index in [-0.39, 0.29) is 0 Å². The van der Waals surface area contributed by atoms with Crippen molar-refractivity contribution in [1.82, 2.24) is 4.98 Å². The second-order valence-electron chi connectivity index (χ2n) is 6.56. The van der Waals surface area contributed by atoms with E-state index in [0.29, 0.717) is 0 Å². The largest absolute Gasteiger partial charge is 0.436 e. The Labute approximate surface area is 134 Å². The summed E-state index contributed by atoms with van der Waals surface area (Å²) >= 11 is 0. The fourth-order valence-corrected chi connectivity index (χ4v) is 3.93. The summed E-state index contributed by atoms with van der Waals surface area (Å²) in [6.45, 7) is 4.18. The molecule has 0 amide bonds. The Kier molecular flexibility index (Phi) is 2.49. The second-order valence-corrected chi connectivity index (χ2v) is 6.56. The van der Waals surface area contributed by atoms with Gasteiger partial charge in [-0.1, -0.05) is 30.3 Å². The highest BCUT2D eigenvalue weighted by Crippen LogP contribution is 2.38. The summed E-state index contributed by atoms with van der Waals surface area (Å²) in [6.07, 6.45) is 2.28. The molecule has 0 atom stereocenters. The Hall–Kier alpha value is -2.61. The number of hydrogen-bond donors (Lipinski definition) is 0. The number of fused-ring (bicyclic) bond motifs is 1. The molecular weight excluding hydrogens is 282 g/mol. The molecule has 112 valence electrons. The van der Waals surface area contributed by atoms with Crippen molar-refractivity contribution in [2.24, 2.45) is 0 Å². The molecule has 0 fully saturated rings. The maximum Gasteiger partial charge on any atom is 0.227 e. The van der Waals surface area contributed by atoms with Crippen LogP contribution in [-0.2, 0) is 12.8 Å². The summed E-state index contributed by atoms with van der Waals surface area (Å²) < 4.78 is 6.14. The zero-order valence-electron chi connectivity index (χ0n) is 13.3. The molecule has 2 heteroatoms. The van der Waals surface area contributed by atoms with Crippen LogP contribution in [0.2, 0.25) is 0 Å². The summed E-state index contributed by atoms with van der Waals surface area (Å²) in [5.41, 5.74) is 8.19. The van der Waals surface area contributed by atoms with E-state index >= 15 is 0 Å². The van der Waals surface area contributed by atoms with Crippen LogP contribution in [0.5, 0.6) is 0 Å². The molecule has 2 nitrogen and oxygen atoms in total. The van der Waals surface area contributed by atoms with E-state index in [4.69, 9.17) is 9.40 Å². The molecule has 4 aromatic rings. The lowest BCUT2D eigenvalue weighted by atomic mass is 10.00. The third kappa shape index (κ3) is 1.78. The summed E-state index contributed by atoms with van der Waals surface area (Å²) in [5, 5.41) is 2.67. The van der Waals surface area contributed by atoms with Crippen LogP contribution >= 0.6 is 0 Å². The van der Waals surface area contributed by atoms with Gasteiger partial charge in [0.1, 0.15) is 5.52 Å². The number of aryl methyl sites for hydroxylation is 4. The smallest absolute Gasteiger partial charge is 0.227 e. The minimum absolute atomic E-state index is 0.726. The SMILES string of the molecule is Cc1cc(C)c2oc(-c3ccc4c5c(cccc35)CC4)nc2c1. The fourth-order valence-electron chi connectivity index (χ4n) is 3.93. The zero-order chi connectivity index (χ0) is 15.6. The van der Waals surface area contributed by atoms with Gasteiger partial charge in [-0.3, -0.25) is 0 Å². The first-order valence-electron chi connectivity index (χ1n) is 8.12. The highest BCUT2D eigenvalue weighted by molar-refractivity contribution is 6.00. The Morgan fingerprint density at radius 2 is 1.78 bits per heavy atom. The third-order valence-corrected chi connectivity index (χ3v) is 4.93. The average molecular weight is 299 g/mol. The zero-order valence-corrected chi connectivity index (χ0v) is 13.3. The average Bonchev–Trinajstić information content (AvgIpc) is 3.14. The number of oxazole rings is 1. The van der Waals surface area contributed by atoms with E-state index in [2.05, 4.69) is 56.3 Å². The van der Waals surface area contributed by atoms with Gasteiger partial charge in [0.2, 0.25) is 5.89 Å². The van der Waals surface area contributed by atoms with Crippen LogP contribution < -0.4 is 0 Å². The van der Waals surface area contributed by atoms with Gasteiger partial charge >= 0.3 is 0 Å². The molecule has 0 aliphatic heterocycles. The van der Waals surface area contributed by atoms with Gasteiger partial charge in [-0.25, -0.2) is 4.98 Å². The number of rotatable bonds is 1. The van der Waals surface area contributed by atoms with Crippen LogP contribution in [0, 0.1) is 13.8 Å². The monoisotopic (exact) mass is 299 g/mol.